The molecule has 10 heteroatoms. The van der Waals surface area contributed by atoms with Crippen molar-refractivity contribution in [2.75, 3.05) is 6.66 Å². The second-order valence-electron chi connectivity index (χ2n) is 3.79. The van der Waals surface area contributed by atoms with Crippen molar-refractivity contribution in [3.63, 3.8) is 0 Å². The molecule has 0 aromatic carbocycles. The molecule has 9 N–H and O–H groups in total. The van der Waals surface area contributed by atoms with E-state index in [-0.39, 0.29) is 6.15 Å². The molecule has 17 heavy (non-hydrogen) atoms. The van der Waals surface area contributed by atoms with Gasteiger partial charge in [0, 0.05) is 6.66 Å². The highest BCUT2D eigenvalue weighted by atomic mass is 31.2. The first-order chi connectivity index (χ1) is 7.15. The fraction of sp³-hybridized carbons (Fsp3) is 1.00. The summed E-state index contributed by atoms with van der Waals surface area (Å²) >= 11 is 0. The molecule has 0 radical (unpaired) electrons. The lowest BCUT2D eigenvalue weighted by atomic mass is 9.85. The number of rotatable bonds is 2. The Kier molecular flexibility index (Phi) is 5.67. The van der Waals surface area contributed by atoms with Gasteiger partial charge in [-0.25, -0.2) is 0 Å². The molecular formula is C7H18NO8P. The van der Waals surface area contributed by atoms with E-state index < -0.39 is 44.2 Å². The van der Waals surface area contributed by atoms with Gasteiger partial charge in [0.05, 0.1) is 0 Å². The van der Waals surface area contributed by atoms with Crippen LogP contribution in [0.15, 0.2) is 0 Å². The van der Waals surface area contributed by atoms with Gasteiger partial charge in [0.15, 0.2) is 0 Å². The van der Waals surface area contributed by atoms with E-state index in [2.05, 4.69) is 4.52 Å². The summed E-state index contributed by atoms with van der Waals surface area (Å²) in [4.78, 5) is 10.8. The third kappa shape index (κ3) is 3.68. The Morgan fingerprint density at radius 2 is 1.24 bits per heavy atom. The second-order valence-corrected chi connectivity index (χ2v) is 5.55. The predicted molar refractivity (Wildman–Crippen MR) is 54.4 cm³/mol. The summed E-state index contributed by atoms with van der Waals surface area (Å²) in [5, 5.41) is 46.5. The number of aliphatic hydroxyl groups excluding tert-OH is 5. The summed E-state index contributed by atoms with van der Waals surface area (Å²) < 4.78 is 15.2. The number of quaternary nitrogens is 1. The number of aliphatic hydroxyl groups is 5. The van der Waals surface area contributed by atoms with Gasteiger partial charge < -0.3 is 45.7 Å². The molecule has 104 valence electrons. The van der Waals surface area contributed by atoms with Crippen LogP contribution in [0.1, 0.15) is 0 Å². The van der Waals surface area contributed by atoms with Crippen LogP contribution in [0.4, 0.5) is 0 Å². The average Bonchev–Trinajstić information content (AvgIpc) is 2.17. The minimum Gasteiger partial charge on any atom is -0.779 e. The van der Waals surface area contributed by atoms with Crippen molar-refractivity contribution >= 4 is 7.60 Å². The van der Waals surface area contributed by atoms with Crippen molar-refractivity contribution in [1.29, 1.82) is 0 Å². The van der Waals surface area contributed by atoms with Crippen LogP contribution in [-0.2, 0) is 9.09 Å². The summed E-state index contributed by atoms with van der Waals surface area (Å²) in [5.74, 6) is 0. The van der Waals surface area contributed by atoms with Gasteiger partial charge in [-0.1, -0.05) is 0 Å². The van der Waals surface area contributed by atoms with Gasteiger partial charge in [-0.2, -0.15) is 0 Å². The van der Waals surface area contributed by atoms with Gasteiger partial charge in [-0.15, -0.1) is 0 Å². The first-order valence-corrected chi connectivity index (χ1v) is 6.51. The Morgan fingerprint density at radius 3 is 1.53 bits per heavy atom. The van der Waals surface area contributed by atoms with Crippen LogP contribution in [0.25, 0.3) is 0 Å². The van der Waals surface area contributed by atoms with E-state index in [1.807, 2.05) is 0 Å². The molecule has 7 atom stereocenters. The topological polar surface area (TPSA) is 187 Å². The molecule has 9 nitrogen and oxygen atoms in total. The minimum absolute atomic E-state index is 0. The molecule has 0 aromatic rings. The Bertz CT molecular complexity index is 280. The molecule has 0 saturated heterocycles. The van der Waals surface area contributed by atoms with Crippen LogP contribution >= 0.6 is 7.60 Å². The number of hydrogen-bond acceptors (Lipinski definition) is 8. The molecule has 0 aromatic heterocycles. The zero-order chi connectivity index (χ0) is 12.7. The fourth-order valence-electron chi connectivity index (χ4n) is 1.54. The monoisotopic (exact) mass is 275 g/mol. The maximum Gasteiger partial charge on any atom is 0.132 e. The van der Waals surface area contributed by atoms with E-state index in [0.717, 1.165) is 6.66 Å². The minimum atomic E-state index is -4.26. The van der Waals surface area contributed by atoms with Crippen LogP contribution in [0.2, 0.25) is 0 Å². The lowest BCUT2D eigenvalue weighted by Gasteiger charge is -2.43. The molecule has 1 rings (SSSR count). The molecule has 0 spiro atoms. The standard InChI is InChI=1S/C7H15O8P.H3N/c1-16(13,14)15-7-5(11)3(9)2(8)4(10)6(7)12;/h2-12H,1H3,(H,13,14);1H3/t2?,3-,4+,5-,6-,7?;/m1./s1. The molecule has 1 fully saturated rings. The van der Waals surface area contributed by atoms with E-state index in [9.17, 15) is 35.0 Å². The third-order valence-corrected chi connectivity index (χ3v) is 3.01. The Morgan fingerprint density at radius 1 is 0.941 bits per heavy atom. The third-order valence-electron chi connectivity index (χ3n) is 2.39. The SMILES string of the molecule is CP(=O)([O-])OC1[C@H](O)[C@H](O)C(O)[C@H](O)[C@H]1O.[NH4+]. The maximum atomic E-state index is 10.8. The molecule has 1 aliphatic carbocycles. The molecule has 0 amide bonds. The van der Waals surface area contributed by atoms with Crippen molar-refractivity contribution in [3.8, 4) is 0 Å². The van der Waals surface area contributed by atoms with Gasteiger partial charge in [0.2, 0.25) is 0 Å². The molecule has 3 unspecified atom stereocenters. The summed E-state index contributed by atoms with van der Waals surface area (Å²) in [6.07, 6.45) is -10.7. The molecule has 0 aliphatic heterocycles. The molecule has 0 bridgehead atoms. The molecule has 1 aliphatic rings. The highest BCUT2D eigenvalue weighted by Gasteiger charge is 2.49. The Hall–Kier alpha value is -0.0900. The van der Waals surface area contributed by atoms with E-state index in [1.165, 1.54) is 0 Å². The summed E-state index contributed by atoms with van der Waals surface area (Å²) in [6, 6.07) is 0. The first-order valence-electron chi connectivity index (χ1n) is 4.52. The van der Waals surface area contributed by atoms with Crippen molar-refractivity contribution in [3.05, 3.63) is 0 Å². The van der Waals surface area contributed by atoms with Crippen LogP contribution in [0.3, 0.4) is 0 Å². The Labute approximate surface area is 97.4 Å². The van der Waals surface area contributed by atoms with E-state index in [0.29, 0.717) is 0 Å². The summed E-state index contributed by atoms with van der Waals surface area (Å²) in [5.41, 5.74) is 0. The second kappa shape index (κ2) is 5.70. The van der Waals surface area contributed by atoms with Crippen molar-refractivity contribution in [1.82, 2.24) is 6.15 Å². The lowest BCUT2D eigenvalue weighted by Crippen LogP contribution is -2.64. The number of hydrogen-bond donors (Lipinski definition) is 6. The highest BCUT2D eigenvalue weighted by molar-refractivity contribution is 7.50. The summed E-state index contributed by atoms with van der Waals surface area (Å²) in [6.45, 7) is 0.718. The molecular weight excluding hydrogens is 257 g/mol. The van der Waals surface area contributed by atoms with Crippen LogP contribution in [0.5, 0.6) is 0 Å². The van der Waals surface area contributed by atoms with E-state index >= 15 is 0 Å². The van der Waals surface area contributed by atoms with Crippen molar-refractivity contribution < 1.29 is 39.5 Å². The summed E-state index contributed by atoms with van der Waals surface area (Å²) in [7, 11) is -4.26. The Balaban J connectivity index is 0.00000256. The molecule has 0 heterocycles. The largest absolute Gasteiger partial charge is 0.779 e. The van der Waals surface area contributed by atoms with Crippen molar-refractivity contribution in [2.24, 2.45) is 0 Å². The van der Waals surface area contributed by atoms with E-state index in [1.54, 1.807) is 0 Å². The normalized spacial score (nSPS) is 45.8. The quantitative estimate of drug-likeness (QED) is 0.283. The average molecular weight is 275 g/mol. The van der Waals surface area contributed by atoms with Crippen molar-refractivity contribution in [2.45, 2.75) is 36.6 Å². The van der Waals surface area contributed by atoms with Crippen LogP contribution in [-0.4, -0.2) is 68.8 Å². The van der Waals surface area contributed by atoms with E-state index in [4.69, 9.17) is 0 Å². The lowest BCUT2D eigenvalue weighted by molar-refractivity contribution is -0.243. The fourth-order valence-corrected chi connectivity index (χ4v) is 2.23. The zero-order valence-electron chi connectivity index (χ0n) is 9.37. The van der Waals surface area contributed by atoms with Gasteiger partial charge in [0.25, 0.3) is 0 Å². The van der Waals surface area contributed by atoms with Crippen LogP contribution in [0, 0.1) is 0 Å². The first kappa shape index (κ1) is 16.9. The molecule has 1 saturated carbocycles. The van der Waals surface area contributed by atoms with Gasteiger partial charge in [0.1, 0.15) is 44.2 Å². The zero-order valence-corrected chi connectivity index (χ0v) is 10.3. The highest BCUT2D eigenvalue weighted by Crippen LogP contribution is 2.38. The van der Waals surface area contributed by atoms with Gasteiger partial charge in [-0.3, -0.25) is 0 Å². The van der Waals surface area contributed by atoms with Crippen LogP contribution < -0.4 is 11.0 Å². The van der Waals surface area contributed by atoms with Gasteiger partial charge >= 0.3 is 0 Å². The van der Waals surface area contributed by atoms with Gasteiger partial charge in [-0.05, 0) is 0 Å². The smallest absolute Gasteiger partial charge is 0.132 e. The maximum absolute atomic E-state index is 10.8. The predicted octanol–water partition coefficient (Wildman–Crippen LogP) is -3.25.